The highest BCUT2D eigenvalue weighted by atomic mass is 16.4. The topological polar surface area (TPSA) is 67.5 Å². The molecule has 2 aromatic rings. The third kappa shape index (κ3) is 0.985. The SMILES string of the molecule is Cc1c(C(=O)O)c(C)n2ncncc12. The van der Waals surface area contributed by atoms with Crippen LogP contribution in [0.2, 0.25) is 0 Å². The van der Waals surface area contributed by atoms with Crippen molar-refractivity contribution < 1.29 is 9.90 Å². The lowest BCUT2D eigenvalue weighted by atomic mass is 10.1. The van der Waals surface area contributed by atoms with Crippen molar-refractivity contribution in [1.29, 1.82) is 0 Å². The fourth-order valence-corrected chi connectivity index (χ4v) is 1.65. The highest BCUT2D eigenvalue weighted by Gasteiger charge is 2.18. The van der Waals surface area contributed by atoms with Gasteiger partial charge in [0.1, 0.15) is 6.33 Å². The van der Waals surface area contributed by atoms with Gasteiger partial charge in [-0.15, -0.1) is 0 Å². The monoisotopic (exact) mass is 191 g/mol. The van der Waals surface area contributed by atoms with Gasteiger partial charge in [-0.3, -0.25) is 0 Å². The number of nitrogens with zero attached hydrogens (tertiary/aromatic N) is 3. The maximum absolute atomic E-state index is 11.0. The highest BCUT2D eigenvalue weighted by molar-refractivity contribution is 5.93. The summed E-state index contributed by atoms with van der Waals surface area (Å²) in [6.07, 6.45) is 3.01. The van der Waals surface area contributed by atoms with Gasteiger partial charge in [-0.1, -0.05) is 0 Å². The van der Waals surface area contributed by atoms with Crippen LogP contribution in [0.1, 0.15) is 21.6 Å². The summed E-state index contributed by atoms with van der Waals surface area (Å²) >= 11 is 0. The molecule has 0 fully saturated rings. The van der Waals surface area contributed by atoms with Crippen LogP contribution < -0.4 is 0 Å². The average molecular weight is 191 g/mol. The largest absolute Gasteiger partial charge is 0.478 e. The predicted molar refractivity (Wildman–Crippen MR) is 49.4 cm³/mol. The normalized spacial score (nSPS) is 10.7. The molecule has 0 bridgehead atoms. The van der Waals surface area contributed by atoms with Gasteiger partial charge in [-0.05, 0) is 19.4 Å². The Bertz CT molecular complexity index is 477. The third-order valence-electron chi connectivity index (χ3n) is 2.31. The molecular weight excluding hydrogens is 182 g/mol. The zero-order valence-electron chi connectivity index (χ0n) is 7.85. The molecule has 0 atom stereocenters. The lowest BCUT2D eigenvalue weighted by Gasteiger charge is -1.93. The van der Waals surface area contributed by atoms with Gasteiger partial charge in [0.05, 0.1) is 23.0 Å². The minimum atomic E-state index is -0.925. The Kier molecular flexibility index (Phi) is 1.73. The molecule has 0 radical (unpaired) electrons. The zero-order valence-corrected chi connectivity index (χ0v) is 7.85. The number of carboxylic acids is 1. The summed E-state index contributed by atoms with van der Waals surface area (Å²) in [5, 5.41) is 13.0. The van der Waals surface area contributed by atoms with Crippen LogP contribution in [0.5, 0.6) is 0 Å². The van der Waals surface area contributed by atoms with E-state index >= 15 is 0 Å². The first-order valence-corrected chi connectivity index (χ1v) is 4.14. The number of fused-ring (bicyclic) bond motifs is 1. The van der Waals surface area contributed by atoms with E-state index in [4.69, 9.17) is 5.11 Å². The molecule has 0 amide bonds. The van der Waals surface area contributed by atoms with Crippen LogP contribution in [0.4, 0.5) is 0 Å². The Morgan fingerprint density at radius 3 is 2.79 bits per heavy atom. The van der Waals surface area contributed by atoms with Crippen LogP contribution in [-0.4, -0.2) is 25.7 Å². The van der Waals surface area contributed by atoms with E-state index in [1.807, 2.05) is 0 Å². The molecule has 0 saturated carbocycles. The second-order valence-corrected chi connectivity index (χ2v) is 3.10. The van der Waals surface area contributed by atoms with Crippen LogP contribution in [0.15, 0.2) is 12.5 Å². The fourth-order valence-electron chi connectivity index (χ4n) is 1.65. The quantitative estimate of drug-likeness (QED) is 0.731. The number of hydrogen-bond donors (Lipinski definition) is 1. The van der Waals surface area contributed by atoms with E-state index in [2.05, 4.69) is 10.1 Å². The average Bonchev–Trinajstić information content (AvgIpc) is 2.41. The molecule has 2 heterocycles. The van der Waals surface area contributed by atoms with Crippen molar-refractivity contribution >= 4 is 11.5 Å². The Labute approximate surface area is 80.0 Å². The summed E-state index contributed by atoms with van der Waals surface area (Å²) in [6.45, 7) is 3.49. The molecule has 0 spiro atoms. The molecule has 2 aromatic heterocycles. The molecule has 0 aliphatic carbocycles. The van der Waals surface area contributed by atoms with E-state index in [0.717, 1.165) is 5.52 Å². The zero-order chi connectivity index (χ0) is 10.3. The Balaban J connectivity index is 2.92. The minimum Gasteiger partial charge on any atom is -0.478 e. The Morgan fingerprint density at radius 2 is 2.21 bits per heavy atom. The molecule has 0 saturated heterocycles. The van der Waals surface area contributed by atoms with Gasteiger partial charge in [-0.2, -0.15) is 5.10 Å². The molecule has 14 heavy (non-hydrogen) atoms. The molecule has 0 aromatic carbocycles. The molecule has 0 unspecified atom stereocenters. The molecular formula is C9H9N3O2. The highest BCUT2D eigenvalue weighted by Crippen LogP contribution is 2.20. The molecule has 2 rings (SSSR count). The van der Waals surface area contributed by atoms with E-state index in [0.29, 0.717) is 16.8 Å². The van der Waals surface area contributed by atoms with E-state index in [1.165, 1.54) is 6.33 Å². The van der Waals surface area contributed by atoms with Crippen LogP contribution in [0.3, 0.4) is 0 Å². The predicted octanol–water partition coefficient (Wildman–Crippen LogP) is 1.04. The van der Waals surface area contributed by atoms with Crippen molar-refractivity contribution in [3.63, 3.8) is 0 Å². The van der Waals surface area contributed by atoms with Crippen LogP contribution in [0.25, 0.3) is 5.52 Å². The van der Waals surface area contributed by atoms with E-state index in [9.17, 15) is 4.79 Å². The summed E-state index contributed by atoms with van der Waals surface area (Å²) in [7, 11) is 0. The molecule has 1 N–H and O–H groups in total. The molecule has 0 aliphatic heterocycles. The number of aryl methyl sites for hydroxylation is 2. The van der Waals surface area contributed by atoms with Crippen LogP contribution >= 0.6 is 0 Å². The number of rotatable bonds is 1. The van der Waals surface area contributed by atoms with Crippen LogP contribution in [-0.2, 0) is 0 Å². The molecule has 72 valence electrons. The van der Waals surface area contributed by atoms with E-state index in [1.54, 1.807) is 24.6 Å². The Hall–Kier alpha value is -1.91. The second-order valence-electron chi connectivity index (χ2n) is 3.10. The van der Waals surface area contributed by atoms with Gasteiger partial charge in [0.15, 0.2) is 0 Å². The fraction of sp³-hybridized carbons (Fsp3) is 0.222. The first-order chi connectivity index (χ1) is 6.63. The number of hydrogen-bond acceptors (Lipinski definition) is 3. The van der Waals surface area contributed by atoms with Crippen molar-refractivity contribution in [2.75, 3.05) is 0 Å². The lowest BCUT2D eigenvalue weighted by Crippen LogP contribution is -2.00. The van der Waals surface area contributed by atoms with Gasteiger partial charge >= 0.3 is 5.97 Å². The number of aromatic carboxylic acids is 1. The second kappa shape index (κ2) is 2.80. The third-order valence-corrected chi connectivity index (χ3v) is 2.31. The number of carbonyl (C=O) groups is 1. The summed E-state index contributed by atoms with van der Waals surface area (Å²) in [5.74, 6) is -0.925. The number of aromatic nitrogens is 3. The van der Waals surface area contributed by atoms with Crippen molar-refractivity contribution in [3.8, 4) is 0 Å². The summed E-state index contributed by atoms with van der Waals surface area (Å²) in [5.41, 5.74) is 2.39. The maximum Gasteiger partial charge on any atom is 0.337 e. The first kappa shape index (κ1) is 8.68. The number of carboxylic acid groups (broad SMARTS) is 1. The van der Waals surface area contributed by atoms with Crippen molar-refractivity contribution in [1.82, 2.24) is 14.6 Å². The molecule has 0 aliphatic rings. The van der Waals surface area contributed by atoms with Crippen molar-refractivity contribution in [3.05, 3.63) is 29.3 Å². The first-order valence-electron chi connectivity index (χ1n) is 4.14. The molecule has 5 nitrogen and oxygen atoms in total. The summed E-state index contributed by atoms with van der Waals surface area (Å²) < 4.78 is 1.59. The van der Waals surface area contributed by atoms with Gasteiger partial charge in [0, 0.05) is 0 Å². The Morgan fingerprint density at radius 1 is 1.50 bits per heavy atom. The van der Waals surface area contributed by atoms with Crippen molar-refractivity contribution in [2.24, 2.45) is 0 Å². The van der Waals surface area contributed by atoms with Crippen LogP contribution in [0, 0.1) is 13.8 Å². The van der Waals surface area contributed by atoms with Crippen molar-refractivity contribution in [2.45, 2.75) is 13.8 Å². The standard InChI is InChI=1S/C9H9N3O2/c1-5-7-3-10-4-11-12(7)6(2)8(5)9(13)14/h3-4H,1-2H3,(H,13,14). The minimum absolute atomic E-state index is 0.311. The summed E-state index contributed by atoms with van der Waals surface area (Å²) in [4.78, 5) is 14.8. The maximum atomic E-state index is 11.0. The summed E-state index contributed by atoms with van der Waals surface area (Å²) in [6, 6.07) is 0. The lowest BCUT2D eigenvalue weighted by molar-refractivity contribution is 0.0695. The van der Waals surface area contributed by atoms with Gasteiger partial charge in [-0.25, -0.2) is 14.3 Å². The van der Waals surface area contributed by atoms with E-state index < -0.39 is 5.97 Å². The molecule has 5 heteroatoms. The van der Waals surface area contributed by atoms with Gasteiger partial charge in [0.2, 0.25) is 0 Å². The smallest absolute Gasteiger partial charge is 0.337 e. The van der Waals surface area contributed by atoms with Gasteiger partial charge < -0.3 is 5.11 Å². The van der Waals surface area contributed by atoms with Gasteiger partial charge in [0.25, 0.3) is 0 Å². The van der Waals surface area contributed by atoms with E-state index in [-0.39, 0.29) is 0 Å².